The van der Waals surface area contributed by atoms with E-state index in [1.165, 1.54) is 19.3 Å². The van der Waals surface area contributed by atoms with Crippen LogP contribution in [0.1, 0.15) is 49.3 Å². The summed E-state index contributed by atoms with van der Waals surface area (Å²) in [5.41, 5.74) is 7.59. The molecule has 19 heavy (non-hydrogen) atoms. The minimum Gasteiger partial charge on any atom is -0.507 e. The molecule has 1 aromatic rings. The predicted octanol–water partition coefficient (Wildman–Crippen LogP) is 3.06. The molecule has 1 aliphatic rings. The normalized spacial score (nSPS) is 19.5. The molecule has 0 bridgehead atoms. The van der Waals surface area contributed by atoms with E-state index in [0.29, 0.717) is 5.56 Å². The number of aliphatic hydroxyl groups is 1. The van der Waals surface area contributed by atoms with Gasteiger partial charge in [0.05, 0.1) is 12.1 Å². The summed E-state index contributed by atoms with van der Waals surface area (Å²) >= 11 is 0. The first-order chi connectivity index (χ1) is 8.61. The molecule has 3 nitrogen and oxygen atoms in total. The molecule has 2 atom stereocenters. The Balaban J connectivity index is 0.00000180. The van der Waals surface area contributed by atoms with Crippen molar-refractivity contribution >= 4 is 12.4 Å². The quantitative estimate of drug-likeness (QED) is 0.799. The van der Waals surface area contributed by atoms with Gasteiger partial charge in [-0.05, 0) is 31.2 Å². The maximum absolute atomic E-state index is 10.4. The van der Waals surface area contributed by atoms with Crippen LogP contribution < -0.4 is 5.73 Å². The molecule has 0 aromatic heterocycles. The van der Waals surface area contributed by atoms with Crippen molar-refractivity contribution in [2.24, 2.45) is 11.7 Å². The highest BCUT2D eigenvalue weighted by molar-refractivity contribution is 5.85. The lowest BCUT2D eigenvalue weighted by atomic mass is 9.81. The molecule has 0 unspecified atom stereocenters. The van der Waals surface area contributed by atoms with Crippen molar-refractivity contribution in [3.8, 4) is 5.75 Å². The third kappa shape index (κ3) is 3.62. The van der Waals surface area contributed by atoms with Crippen LogP contribution >= 0.6 is 12.4 Å². The van der Waals surface area contributed by atoms with E-state index in [0.717, 1.165) is 18.4 Å². The first kappa shape index (κ1) is 16.3. The first-order valence-corrected chi connectivity index (χ1v) is 6.83. The average Bonchev–Trinajstić information content (AvgIpc) is 2.41. The Morgan fingerprint density at radius 3 is 2.47 bits per heavy atom. The van der Waals surface area contributed by atoms with Gasteiger partial charge in [0.15, 0.2) is 0 Å². The van der Waals surface area contributed by atoms with Gasteiger partial charge in [-0.15, -0.1) is 12.4 Å². The van der Waals surface area contributed by atoms with Gasteiger partial charge in [0.1, 0.15) is 5.75 Å². The van der Waals surface area contributed by atoms with Crippen molar-refractivity contribution < 1.29 is 10.2 Å². The molecule has 108 valence electrons. The number of rotatable bonds is 3. The Hall–Kier alpha value is -0.770. The second-order valence-corrected chi connectivity index (χ2v) is 5.43. The number of aliphatic hydroxyl groups excluding tert-OH is 1. The van der Waals surface area contributed by atoms with Crippen molar-refractivity contribution in [2.45, 2.75) is 51.2 Å². The Bertz CT molecular complexity index is 405. The summed E-state index contributed by atoms with van der Waals surface area (Å²) in [6.07, 6.45) is 5.14. The van der Waals surface area contributed by atoms with Gasteiger partial charge in [-0.1, -0.05) is 37.5 Å². The molecule has 1 fully saturated rings. The zero-order chi connectivity index (χ0) is 13.1. The van der Waals surface area contributed by atoms with Gasteiger partial charge in [0, 0.05) is 5.56 Å². The highest BCUT2D eigenvalue weighted by Crippen LogP contribution is 2.34. The molecule has 0 radical (unpaired) electrons. The minimum atomic E-state index is -0.557. The molecule has 0 amide bonds. The highest BCUT2D eigenvalue weighted by atomic mass is 35.5. The Kier molecular flexibility index (Phi) is 6.11. The van der Waals surface area contributed by atoms with Gasteiger partial charge in [-0.3, -0.25) is 0 Å². The van der Waals surface area contributed by atoms with Crippen molar-refractivity contribution in [2.75, 3.05) is 0 Å². The van der Waals surface area contributed by atoms with Gasteiger partial charge in [-0.2, -0.15) is 0 Å². The SMILES string of the molecule is Cc1cccc([C@@H](N)[C@@H](O)C2CCCCC2)c1O.Cl. The van der Waals surface area contributed by atoms with Crippen molar-refractivity contribution in [3.05, 3.63) is 29.3 Å². The van der Waals surface area contributed by atoms with E-state index in [2.05, 4.69) is 0 Å². The molecular formula is C15H24ClNO2. The summed E-state index contributed by atoms with van der Waals surface area (Å²) in [6.45, 7) is 1.85. The zero-order valence-corrected chi connectivity index (χ0v) is 12.2. The fourth-order valence-electron chi connectivity index (χ4n) is 2.90. The number of aryl methyl sites for hydroxylation is 1. The van der Waals surface area contributed by atoms with Gasteiger partial charge in [0.2, 0.25) is 0 Å². The maximum Gasteiger partial charge on any atom is 0.123 e. The lowest BCUT2D eigenvalue weighted by Gasteiger charge is -2.31. The second kappa shape index (κ2) is 7.13. The largest absolute Gasteiger partial charge is 0.507 e. The maximum atomic E-state index is 10.4. The third-order valence-corrected chi connectivity index (χ3v) is 4.13. The standard InChI is InChI=1S/C15H23NO2.ClH/c1-10-6-5-9-12(14(10)17)13(16)15(18)11-7-3-2-4-8-11;/h5-6,9,11,13,15,17-18H,2-4,7-8,16H2,1H3;1H/t13-,15+;/m1./s1. The van der Waals surface area contributed by atoms with Crippen molar-refractivity contribution in [1.82, 2.24) is 0 Å². The van der Waals surface area contributed by atoms with Crippen LogP contribution in [0.15, 0.2) is 18.2 Å². The fraction of sp³-hybridized carbons (Fsp3) is 0.600. The van der Waals surface area contributed by atoms with Gasteiger partial charge >= 0.3 is 0 Å². The number of nitrogens with two attached hydrogens (primary N) is 1. The topological polar surface area (TPSA) is 66.5 Å². The highest BCUT2D eigenvalue weighted by Gasteiger charge is 2.29. The molecule has 0 spiro atoms. The number of phenolic OH excluding ortho intramolecular Hbond substituents is 1. The average molecular weight is 286 g/mol. The van der Waals surface area contributed by atoms with Crippen molar-refractivity contribution in [3.63, 3.8) is 0 Å². The summed E-state index contributed by atoms with van der Waals surface area (Å²) in [7, 11) is 0. The van der Waals surface area contributed by atoms with E-state index in [1.54, 1.807) is 6.07 Å². The summed E-state index contributed by atoms with van der Waals surface area (Å²) in [6, 6.07) is 5.03. The third-order valence-electron chi connectivity index (χ3n) is 4.13. The van der Waals surface area contributed by atoms with E-state index in [9.17, 15) is 10.2 Å². The number of para-hydroxylation sites is 1. The molecule has 0 heterocycles. The molecule has 1 aliphatic carbocycles. The minimum absolute atomic E-state index is 0. The molecular weight excluding hydrogens is 262 g/mol. The Morgan fingerprint density at radius 2 is 1.84 bits per heavy atom. The Morgan fingerprint density at radius 1 is 1.21 bits per heavy atom. The number of benzene rings is 1. The fourth-order valence-corrected chi connectivity index (χ4v) is 2.90. The van der Waals surface area contributed by atoms with Gasteiger partial charge in [-0.25, -0.2) is 0 Å². The molecule has 1 aromatic carbocycles. The van der Waals surface area contributed by atoms with Gasteiger partial charge < -0.3 is 15.9 Å². The van der Waals surface area contributed by atoms with Crippen LogP contribution in [0.5, 0.6) is 5.75 Å². The van der Waals surface area contributed by atoms with Gasteiger partial charge in [0.25, 0.3) is 0 Å². The lowest BCUT2D eigenvalue weighted by molar-refractivity contribution is 0.0611. The van der Waals surface area contributed by atoms with E-state index < -0.39 is 12.1 Å². The summed E-state index contributed by atoms with van der Waals surface area (Å²) in [4.78, 5) is 0. The zero-order valence-electron chi connectivity index (χ0n) is 11.4. The molecule has 1 saturated carbocycles. The smallest absolute Gasteiger partial charge is 0.123 e. The number of aromatic hydroxyl groups is 1. The van der Waals surface area contributed by atoms with E-state index >= 15 is 0 Å². The summed E-state index contributed by atoms with van der Waals surface area (Å²) in [5.74, 6) is 0.494. The van der Waals surface area contributed by atoms with Crippen LogP contribution in [0.3, 0.4) is 0 Å². The van der Waals surface area contributed by atoms with E-state index in [-0.39, 0.29) is 24.1 Å². The number of hydrogen-bond donors (Lipinski definition) is 3. The Labute approximate surface area is 121 Å². The van der Waals surface area contributed by atoms with E-state index in [1.807, 2.05) is 19.1 Å². The van der Waals surface area contributed by atoms with Crippen molar-refractivity contribution in [1.29, 1.82) is 0 Å². The molecule has 4 heteroatoms. The number of phenols is 1. The number of halogens is 1. The molecule has 4 N–H and O–H groups in total. The van der Waals surface area contributed by atoms with Crippen LogP contribution in [0, 0.1) is 12.8 Å². The summed E-state index contributed by atoms with van der Waals surface area (Å²) < 4.78 is 0. The van der Waals surface area contributed by atoms with Crippen LogP contribution in [-0.4, -0.2) is 16.3 Å². The first-order valence-electron chi connectivity index (χ1n) is 6.83. The van der Waals surface area contributed by atoms with Crippen LogP contribution in [0.2, 0.25) is 0 Å². The van der Waals surface area contributed by atoms with Crippen LogP contribution in [-0.2, 0) is 0 Å². The van der Waals surface area contributed by atoms with Crippen LogP contribution in [0.4, 0.5) is 0 Å². The summed E-state index contributed by atoms with van der Waals surface area (Å²) in [5, 5.41) is 20.4. The second-order valence-electron chi connectivity index (χ2n) is 5.43. The predicted molar refractivity (Wildman–Crippen MR) is 79.6 cm³/mol. The molecule has 0 aliphatic heterocycles. The molecule has 2 rings (SSSR count). The van der Waals surface area contributed by atoms with E-state index in [4.69, 9.17) is 5.73 Å². The number of hydrogen-bond acceptors (Lipinski definition) is 3. The lowest BCUT2D eigenvalue weighted by Crippen LogP contribution is -2.34. The molecule has 0 saturated heterocycles. The monoisotopic (exact) mass is 285 g/mol. The van der Waals surface area contributed by atoms with Crippen LogP contribution in [0.25, 0.3) is 0 Å².